The first-order valence-corrected chi connectivity index (χ1v) is 10.2. The molecule has 1 aliphatic rings. The van der Waals surface area contributed by atoms with Gasteiger partial charge in [-0.2, -0.15) is 0 Å². The first kappa shape index (κ1) is 25.1. The van der Waals surface area contributed by atoms with Crippen LogP contribution < -0.4 is 5.73 Å². The molecule has 0 fully saturated rings. The Morgan fingerprint density at radius 1 is 1.39 bits per heavy atom. The molecule has 31 heavy (non-hydrogen) atoms. The Morgan fingerprint density at radius 2 is 2.03 bits per heavy atom. The first-order chi connectivity index (χ1) is 14.4. The number of ketones is 1. The molecule has 0 saturated heterocycles. The monoisotopic (exact) mass is 496 g/mol. The highest BCUT2D eigenvalue weighted by Gasteiger charge is 2.54. The summed E-state index contributed by atoms with van der Waals surface area (Å²) in [6.45, 7) is -0.384. The number of halogens is 5. The highest BCUT2D eigenvalue weighted by Crippen LogP contribution is 2.43. The van der Waals surface area contributed by atoms with Crippen molar-refractivity contribution in [1.82, 2.24) is 0 Å². The average Bonchev–Trinajstić information content (AvgIpc) is 2.97. The van der Waals surface area contributed by atoms with E-state index in [1.54, 1.807) is 0 Å². The number of alkyl halides is 2. The van der Waals surface area contributed by atoms with E-state index < -0.39 is 23.9 Å². The van der Waals surface area contributed by atoms with E-state index in [9.17, 15) is 18.0 Å². The maximum absolute atomic E-state index is 14.7. The van der Waals surface area contributed by atoms with E-state index >= 15 is 0 Å². The van der Waals surface area contributed by atoms with Crippen molar-refractivity contribution in [3.05, 3.63) is 55.4 Å². The van der Waals surface area contributed by atoms with E-state index in [2.05, 4.69) is 4.99 Å². The van der Waals surface area contributed by atoms with Crippen molar-refractivity contribution in [2.75, 3.05) is 13.2 Å². The Morgan fingerprint density at radius 3 is 2.61 bits per heavy atom. The fraction of sp³-hybridized carbons (Fsp3) is 0.316. The van der Waals surface area contributed by atoms with Crippen molar-refractivity contribution in [1.29, 1.82) is 0 Å². The van der Waals surface area contributed by atoms with Crippen LogP contribution in [0.4, 0.5) is 13.2 Å². The normalized spacial score (nSPS) is 20.1. The third-order valence-corrected chi connectivity index (χ3v) is 6.36. The van der Waals surface area contributed by atoms with Gasteiger partial charge in [0, 0.05) is 12.0 Å². The molecule has 12 heteroatoms. The number of Topliss-reactive ketones (excluding diaryl/α,β-unsaturated/α-hetero) is 1. The largest absolute Gasteiger partial charge is 0.483 e. The molecule has 0 radical (unpaired) electrons. The third kappa shape index (κ3) is 5.57. The molecule has 3 N–H and O–H groups in total. The Bertz CT molecular complexity index is 997. The minimum absolute atomic E-state index is 0.141. The lowest BCUT2D eigenvalue weighted by molar-refractivity contribution is -0.122. The number of hydrogen-bond acceptors (Lipinski definition) is 6. The van der Waals surface area contributed by atoms with Crippen LogP contribution in [-0.4, -0.2) is 42.3 Å². The van der Waals surface area contributed by atoms with Gasteiger partial charge in [-0.05, 0) is 30.7 Å². The SMILES string of the molecule is C[C@]1(c2cc(CC(=O)c3cc(Cl)c(Cl)s3)ccc2F)N=C(N)COCC1(F)F.O=CO. The summed E-state index contributed by atoms with van der Waals surface area (Å²) in [6.07, 6.45) is -0.141. The number of benzene rings is 1. The van der Waals surface area contributed by atoms with Crippen LogP contribution >= 0.6 is 34.5 Å². The molecule has 1 atom stereocenters. The number of nitrogens with zero attached hydrogens (tertiary/aromatic N) is 1. The van der Waals surface area contributed by atoms with Gasteiger partial charge >= 0.3 is 0 Å². The Balaban J connectivity index is 0.00000107. The van der Waals surface area contributed by atoms with Crippen LogP contribution in [0, 0.1) is 5.82 Å². The fourth-order valence-corrected chi connectivity index (χ4v) is 4.20. The van der Waals surface area contributed by atoms with Gasteiger partial charge in [0.1, 0.15) is 29.2 Å². The zero-order valence-electron chi connectivity index (χ0n) is 16.0. The summed E-state index contributed by atoms with van der Waals surface area (Å²) < 4.78 is 49.1. The van der Waals surface area contributed by atoms with Crippen molar-refractivity contribution in [3.63, 3.8) is 0 Å². The van der Waals surface area contributed by atoms with Crippen LogP contribution in [0.15, 0.2) is 29.3 Å². The molecule has 2 heterocycles. The van der Waals surface area contributed by atoms with Gasteiger partial charge in [-0.15, -0.1) is 11.3 Å². The summed E-state index contributed by atoms with van der Waals surface area (Å²) in [5.74, 6) is -4.87. The molecular formula is C19H17Cl2F3N2O4S. The van der Waals surface area contributed by atoms with Crippen molar-refractivity contribution >= 4 is 52.6 Å². The zero-order valence-corrected chi connectivity index (χ0v) is 18.3. The third-order valence-electron chi connectivity index (χ3n) is 4.45. The molecule has 0 saturated carbocycles. The molecule has 3 rings (SSSR count). The summed E-state index contributed by atoms with van der Waals surface area (Å²) in [5, 5.41) is 7.14. The van der Waals surface area contributed by atoms with Gasteiger partial charge in [0.2, 0.25) is 0 Å². The second kappa shape index (κ2) is 9.99. The molecule has 0 unspecified atom stereocenters. The zero-order chi connectivity index (χ0) is 23.4. The van der Waals surface area contributed by atoms with Crippen molar-refractivity contribution in [2.24, 2.45) is 10.7 Å². The smallest absolute Gasteiger partial charge is 0.299 e. The summed E-state index contributed by atoms with van der Waals surface area (Å²) in [6, 6.07) is 5.03. The Kier molecular flexibility index (Phi) is 8.09. The molecule has 0 aliphatic carbocycles. The number of aliphatic imine (C=N–C) groups is 1. The molecule has 1 aromatic heterocycles. The van der Waals surface area contributed by atoms with Gasteiger partial charge in [-0.3, -0.25) is 14.6 Å². The van der Waals surface area contributed by atoms with Gasteiger partial charge < -0.3 is 15.6 Å². The van der Waals surface area contributed by atoms with Gasteiger partial charge in [-0.1, -0.05) is 29.3 Å². The van der Waals surface area contributed by atoms with Gasteiger partial charge in [0.25, 0.3) is 12.4 Å². The molecule has 0 spiro atoms. The molecular weight excluding hydrogens is 480 g/mol. The van der Waals surface area contributed by atoms with Gasteiger partial charge in [-0.25, -0.2) is 13.2 Å². The number of hydrogen-bond donors (Lipinski definition) is 2. The summed E-state index contributed by atoms with van der Waals surface area (Å²) in [4.78, 5) is 25.0. The van der Waals surface area contributed by atoms with Crippen molar-refractivity contribution < 1.29 is 32.6 Å². The van der Waals surface area contributed by atoms with E-state index in [0.29, 0.717) is 10.4 Å². The molecule has 168 valence electrons. The lowest BCUT2D eigenvalue weighted by Crippen LogP contribution is -2.45. The lowest BCUT2D eigenvalue weighted by Gasteiger charge is -2.33. The van der Waals surface area contributed by atoms with Crippen molar-refractivity contribution in [2.45, 2.75) is 24.8 Å². The fourth-order valence-electron chi connectivity index (χ4n) is 2.89. The second-order valence-corrected chi connectivity index (χ2v) is 8.69. The van der Waals surface area contributed by atoms with Crippen molar-refractivity contribution in [3.8, 4) is 0 Å². The Labute approximate surface area is 189 Å². The Hall–Kier alpha value is -2.14. The molecule has 2 aromatic rings. The van der Waals surface area contributed by atoms with Crippen LogP contribution in [0.3, 0.4) is 0 Å². The van der Waals surface area contributed by atoms with E-state index in [-0.39, 0.29) is 46.0 Å². The van der Waals surface area contributed by atoms with Gasteiger partial charge in [0.05, 0.1) is 9.90 Å². The summed E-state index contributed by atoms with van der Waals surface area (Å²) >= 11 is 12.7. The number of carbonyl (C=O) groups excluding carboxylic acids is 1. The average molecular weight is 497 g/mol. The summed E-state index contributed by atoms with van der Waals surface area (Å²) in [7, 11) is 0. The topological polar surface area (TPSA) is 102 Å². The predicted molar refractivity (Wildman–Crippen MR) is 112 cm³/mol. The molecule has 6 nitrogen and oxygen atoms in total. The van der Waals surface area contributed by atoms with E-state index in [4.69, 9.17) is 43.6 Å². The number of rotatable bonds is 4. The minimum Gasteiger partial charge on any atom is -0.483 e. The maximum Gasteiger partial charge on any atom is 0.299 e. The minimum atomic E-state index is -3.51. The highest BCUT2D eigenvalue weighted by molar-refractivity contribution is 7.18. The molecule has 1 aromatic carbocycles. The van der Waals surface area contributed by atoms with Crippen LogP contribution in [0.25, 0.3) is 0 Å². The van der Waals surface area contributed by atoms with Crippen LogP contribution in [0.2, 0.25) is 9.36 Å². The second-order valence-electron chi connectivity index (χ2n) is 6.62. The molecule has 0 amide bonds. The summed E-state index contributed by atoms with van der Waals surface area (Å²) in [5.41, 5.74) is 3.33. The first-order valence-electron chi connectivity index (χ1n) is 8.59. The molecule has 1 aliphatic heterocycles. The van der Waals surface area contributed by atoms with E-state index in [0.717, 1.165) is 24.3 Å². The quantitative estimate of drug-likeness (QED) is 0.477. The predicted octanol–water partition coefficient (Wildman–Crippen LogP) is 4.56. The molecule has 0 bridgehead atoms. The number of carboxylic acid groups (broad SMARTS) is 1. The number of carbonyl (C=O) groups is 2. The number of ether oxygens (including phenoxy) is 1. The maximum atomic E-state index is 14.7. The highest BCUT2D eigenvalue weighted by atomic mass is 35.5. The van der Waals surface area contributed by atoms with Gasteiger partial charge in [0.15, 0.2) is 11.3 Å². The van der Waals surface area contributed by atoms with E-state index in [1.165, 1.54) is 18.2 Å². The number of nitrogens with two attached hydrogens (primary N) is 1. The van der Waals surface area contributed by atoms with Crippen LogP contribution in [-0.2, 0) is 21.5 Å². The number of thiophene rings is 1. The number of amidine groups is 1. The lowest BCUT2D eigenvalue weighted by atomic mass is 9.84. The van der Waals surface area contributed by atoms with Crippen LogP contribution in [0.1, 0.15) is 27.7 Å². The van der Waals surface area contributed by atoms with Crippen LogP contribution in [0.5, 0.6) is 0 Å². The standard InChI is InChI=1S/C18H15Cl2F3N2O2S.CH2O2/c1-17(18(22,23)8-27-7-15(24)25-17)10-4-9(2-3-12(10)21)5-13(26)14-6-11(19)16(20)28-14;2-1-3/h2-4,6H,5,7-8H2,1H3,(H2,24,25);1H,(H,2,3)/t17-;/m1./s1. The van der Waals surface area contributed by atoms with E-state index in [1.807, 2.05) is 0 Å².